The van der Waals surface area contributed by atoms with Gasteiger partial charge < -0.3 is 18.2 Å². The molecule has 8 aromatic carbocycles. The Bertz CT molecular complexity index is 3090. The Morgan fingerprint density at radius 1 is 0.271 bits per heavy atom. The van der Waals surface area contributed by atoms with Gasteiger partial charge in [0.1, 0.15) is 33.5 Å². The van der Waals surface area contributed by atoms with Gasteiger partial charge in [0.15, 0.2) is 0 Å². The molecule has 0 saturated carbocycles. The van der Waals surface area contributed by atoms with Crippen LogP contribution in [0.2, 0.25) is 0 Å². The third kappa shape index (κ3) is 3.71. The molecule has 0 saturated heterocycles. The highest BCUT2D eigenvalue weighted by atomic mass is 16.3. The maximum Gasteiger partial charge on any atom is 0.136 e. The van der Waals surface area contributed by atoms with Crippen molar-refractivity contribution >= 4 is 104 Å². The molecule has 4 nitrogen and oxygen atoms in total. The van der Waals surface area contributed by atoms with E-state index in [1.165, 1.54) is 10.8 Å². The van der Waals surface area contributed by atoms with E-state index in [0.717, 1.165) is 93.7 Å². The van der Waals surface area contributed by atoms with Gasteiger partial charge in [-0.05, 0) is 106 Å². The third-order valence-corrected chi connectivity index (χ3v) is 9.78. The first kappa shape index (κ1) is 25.6. The summed E-state index contributed by atoms with van der Waals surface area (Å²) in [6.07, 6.45) is 0. The number of hydrogen-bond acceptors (Lipinski definition) is 4. The molecule has 0 atom stereocenters. The largest absolute Gasteiger partial charge is 0.456 e. The topological polar surface area (TPSA) is 42.7 Å². The highest BCUT2D eigenvalue weighted by Gasteiger charge is 2.19. The number of rotatable bonds is 3. The summed E-state index contributed by atoms with van der Waals surface area (Å²) in [5.41, 5.74) is 8.45. The average molecular weight is 616 g/mol. The minimum atomic E-state index is 0.869. The standard InChI is InChI=1S/C44H25NO3/c1-2-8-27-22-44-36(20-26(27)7-1)38-25-32(16-18-42(38)48-44)45(31-15-17-41-37(24-31)34-10-4-5-11-39(34)46-41)30-14-13-28-23-43-35(21-29(28)19-30)33-9-3-6-12-40(33)47-43/h1-25H. The zero-order valence-electron chi connectivity index (χ0n) is 25.6. The van der Waals surface area contributed by atoms with E-state index in [1.54, 1.807) is 0 Å². The molecule has 0 aliphatic heterocycles. The molecule has 0 fully saturated rings. The van der Waals surface area contributed by atoms with Gasteiger partial charge in [-0.3, -0.25) is 0 Å². The van der Waals surface area contributed by atoms with Gasteiger partial charge >= 0.3 is 0 Å². The molecule has 224 valence electrons. The number of nitrogens with zero attached hydrogens (tertiary/aromatic N) is 1. The minimum Gasteiger partial charge on any atom is -0.456 e. The van der Waals surface area contributed by atoms with Gasteiger partial charge in [0, 0.05) is 49.4 Å². The predicted octanol–water partition coefficient (Wildman–Crippen LogP) is 13.2. The van der Waals surface area contributed by atoms with E-state index in [4.69, 9.17) is 13.3 Å². The molecule has 11 rings (SSSR count). The number of furan rings is 3. The van der Waals surface area contributed by atoms with Gasteiger partial charge in [-0.25, -0.2) is 0 Å². The van der Waals surface area contributed by atoms with E-state index in [2.05, 4.69) is 132 Å². The lowest BCUT2D eigenvalue weighted by Crippen LogP contribution is -2.09. The lowest BCUT2D eigenvalue weighted by Gasteiger charge is -2.26. The van der Waals surface area contributed by atoms with Gasteiger partial charge in [0.2, 0.25) is 0 Å². The van der Waals surface area contributed by atoms with Crippen molar-refractivity contribution in [2.24, 2.45) is 0 Å². The highest BCUT2D eigenvalue weighted by Crippen LogP contribution is 2.43. The molecular weight excluding hydrogens is 590 g/mol. The summed E-state index contributed by atoms with van der Waals surface area (Å²) in [7, 11) is 0. The molecule has 0 bridgehead atoms. The fourth-order valence-corrected chi connectivity index (χ4v) is 7.48. The van der Waals surface area contributed by atoms with Gasteiger partial charge in [0.05, 0.1) is 0 Å². The molecule has 11 aromatic rings. The van der Waals surface area contributed by atoms with Crippen LogP contribution in [0, 0.1) is 0 Å². The third-order valence-electron chi connectivity index (χ3n) is 9.78. The van der Waals surface area contributed by atoms with Crippen LogP contribution < -0.4 is 4.90 Å². The maximum absolute atomic E-state index is 6.39. The monoisotopic (exact) mass is 615 g/mol. The Kier molecular flexibility index (Phi) is 5.08. The van der Waals surface area contributed by atoms with Crippen LogP contribution in [0.5, 0.6) is 0 Å². The average Bonchev–Trinajstić information content (AvgIpc) is 3.80. The minimum absolute atomic E-state index is 0.869. The second kappa shape index (κ2) is 9.50. The molecule has 3 aromatic heterocycles. The fourth-order valence-electron chi connectivity index (χ4n) is 7.48. The molecule has 0 amide bonds. The van der Waals surface area contributed by atoms with E-state index in [-0.39, 0.29) is 0 Å². The van der Waals surface area contributed by atoms with E-state index in [9.17, 15) is 0 Å². The first-order valence-corrected chi connectivity index (χ1v) is 16.2. The van der Waals surface area contributed by atoms with Crippen molar-refractivity contribution in [1.82, 2.24) is 0 Å². The summed E-state index contributed by atoms with van der Waals surface area (Å²) in [5, 5.41) is 11.3. The van der Waals surface area contributed by atoms with Crippen molar-refractivity contribution in [3.8, 4) is 0 Å². The summed E-state index contributed by atoms with van der Waals surface area (Å²) in [4.78, 5) is 2.33. The first-order valence-electron chi connectivity index (χ1n) is 16.2. The van der Waals surface area contributed by atoms with Crippen LogP contribution >= 0.6 is 0 Å². The lowest BCUT2D eigenvalue weighted by atomic mass is 10.0. The molecule has 0 aliphatic carbocycles. The summed E-state index contributed by atoms with van der Waals surface area (Å²) in [5.74, 6) is 0. The van der Waals surface area contributed by atoms with Crippen LogP contribution in [-0.2, 0) is 0 Å². The summed E-state index contributed by atoms with van der Waals surface area (Å²) >= 11 is 0. The smallest absolute Gasteiger partial charge is 0.136 e. The Hall–Kier alpha value is -6.52. The van der Waals surface area contributed by atoms with Crippen LogP contribution in [-0.4, -0.2) is 0 Å². The molecule has 0 radical (unpaired) electrons. The molecule has 3 heterocycles. The zero-order valence-corrected chi connectivity index (χ0v) is 25.6. The van der Waals surface area contributed by atoms with E-state index in [0.29, 0.717) is 0 Å². The van der Waals surface area contributed by atoms with Crippen molar-refractivity contribution in [2.45, 2.75) is 0 Å². The molecule has 0 N–H and O–H groups in total. The van der Waals surface area contributed by atoms with E-state index in [1.807, 2.05) is 24.3 Å². The van der Waals surface area contributed by atoms with Gasteiger partial charge in [-0.2, -0.15) is 0 Å². The van der Waals surface area contributed by atoms with Crippen molar-refractivity contribution < 1.29 is 13.3 Å². The van der Waals surface area contributed by atoms with Crippen LogP contribution in [0.15, 0.2) is 165 Å². The summed E-state index contributed by atoms with van der Waals surface area (Å²) < 4.78 is 18.8. The second-order valence-corrected chi connectivity index (χ2v) is 12.6. The van der Waals surface area contributed by atoms with Gasteiger partial charge in [-0.15, -0.1) is 0 Å². The number of para-hydroxylation sites is 2. The molecule has 4 heteroatoms. The Morgan fingerprint density at radius 2 is 0.688 bits per heavy atom. The number of hydrogen-bond donors (Lipinski definition) is 0. The predicted molar refractivity (Wildman–Crippen MR) is 198 cm³/mol. The van der Waals surface area contributed by atoms with Crippen LogP contribution in [0.3, 0.4) is 0 Å². The second-order valence-electron chi connectivity index (χ2n) is 12.6. The molecule has 48 heavy (non-hydrogen) atoms. The SMILES string of the molecule is c1ccc2cc3c(cc2c1)oc1ccc(N(c2ccc4cc5oc6ccccc6c5cc4c2)c2ccc4oc5ccccc5c4c2)cc13. The van der Waals surface area contributed by atoms with Gasteiger partial charge in [-0.1, -0.05) is 66.7 Å². The molecule has 0 spiro atoms. The van der Waals surface area contributed by atoms with E-state index < -0.39 is 0 Å². The number of anilines is 3. The number of fused-ring (bicyclic) bond motifs is 11. The fraction of sp³-hybridized carbons (Fsp3) is 0. The Morgan fingerprint density at radius 3 is 1.35 bits per heavy atom. The van der Waals surface area contributed by atoms with Crippen LogP contribution in [0.4, 0.5) is 17.1 Å². The normalized spacial score (nSPS) is 12.2. The molecule has 0 aliphatic rings. The molecular formula is C44H25NO3. The van der Waals surface area contributed by atoms with Crippen LogP contribution in [0.1, 0.15) is 0 Å². The Balaban J connectivity index is 1.16. The zero-order chi connectivity index (χ0) is 31.3. The lowest BCUT2D eigenvalue weighted by molar-refractivity contribution is 0.668. The van der Waals surface area contributed by atoms with Crippen molar-refractivity contribution in [1.29, 1.82) is 0 Å². The highest BCUT2D eigenvalue weighted by molar-refractivity contribution is 6.13. The van der Waals surface area contributed by atoms with Crippen molar-refractivity contribution in [3.63, 3.8) is 0 Å². The maximum atomic E-state index is 6.39. The number of benzene rings is 8. The van der Waals surface area contributed by atoms with Gasteiger partial charge in [0.25, 0.3) is 0 Å². The Labute approximate surface area is 273 Å². The summed E-state index contributed by atoms with van der Waals surface area (Å²) in [6.45, 7) is 0. The molecule has 0 unspecified atom stereocenters. The quantitative estimate of drug-likeness (QED) is 0.198. The summed E-state index contributed by atoms with van der Waals surface area (Å²) in [6, 6.07) is 53.3. The van der Waals surface area contributed by atoms with Crippen LogP contribution in [0.25, 0.3) is 87.4 Å². The van der Waals surface area contributed by atoms with E-state index >= 15 is 0 Å². The van der Waals surface area contributed by atoms with Crippen molar-refractivity contribution in [2.75, 3.05) is 4.90 Å². The van der Waals surface area contributed by atoms with Crippen molar-refractivity contribution in [3.05, 3.63) is 152 Å². The first-order chi connectivity index (χ1) is 23.7.